The number of rotatable bonds is 3. The van der Waals surface area contributed by atoms with E-state index in [0.717, 1.165) is 24.6 Å². The second-order valence-corrected chi connectivity index (χ2v) is 8.18. The molecule has 1 spiro atoms. The molecule has 0 aromatic heterocycles. The van der Waals surface area contributed by atoms with E-state index in [1.165, 1.54) is 37.8 Å². The quantitative estimate of drug-likeness (QED) is 0.407. The molecule has 0 atom stereocenters. The van der Waals surface area contributed by atoms with Crippen LogP contribution in [-0.4, -0.2) is 39.4 Å². The van der Waals surface area contributed by atoms with Gasteiger partial charge in [-0.3, -0.25) is 4.99 Å². The molecule has 2 fully saturated rings. The first-order valence-electron chi connectivity index (χ1n) is 7.99. The van der Waals surface area contributed by atoms with Crippen molar-refractivity contribution in [2.75, 3.05) is 20.1 Å². The Kier molecular flexibility index (Phi) is 6.14. The molecule has 0 radical (unpaired) electrons. The van der Waals surface area contributed by atoms with Gasteiger partial charge in [0.1, 0.15) is 0 Å². The Labute approximate surface area is 161 Å². The lowest BCUT2D eigenvalue weighted by Gasteiger charge is -2.38. The predicted octanol–water partition coefficient (Wildman–Crippen LogP) is 1.90. The Morgan fingerprint density at radius 2 is 1.96 bits per heavy atom. The highest BCUT2D eigenvalue weighted by Crippen LogP contribution is 2.47. The number of aliphatic imine (C=N–C) groups is 1. The third kappa shape index (κ3) is 4.20. The van der Waals surface area contributed by atoms with Crippen LogP contribution in [-0.2, 0) is 16.6 Å². The third-order valence-corrected chi connectivity index (χ3v) is 6.00. The molecule has 0 amide bonds. The minimum absolute atomic E-state index is 0. The fourth-order valence-electron chi connectivity index (χ4n) is 3.51. The number of benzene rings is 1. The molecule has 3 N–H and O–H groups in total. The number of halogens is 1. The molecular weight excluding hydrogens is 439 g/mol. The molecule has 1 saturated heterocycles. The van der Waals surface area contributed by atoms with Crippen LogP contribution in [0.2, 0.25) is 0 Å². The van der Waals surface area contributed by atoms with E-state index in [0.29, 0.717) is 12.0 Å². The number of hydrogen-bond acceptors (Lipinski definition) is 3. The van der Waals surface area contributed by atoms with E-state index in [4.69, 9.17) is 5.14 Å². The average Bonchev–Trinajstić information content (AvgIpc) is 2.93. The van der Waals surface area contributed by atoms with Gasteiger partial charge in [0.2, 0.25) is 10.0 Å². The van der Waals surface area contributed by atoms with E-state index >= 15 is 0 Å². The van der Waals surface area contributed by atoms with Crippen molar-refractivity contribution in [1.82, 2.24) is 10.2 Å². The summed E-state index contributed by atoms with van der Waals surface area (Å²) in [5.74, 6) is 0.921. The number of nitrogens with zero attached hydrogens (tertiary/aromatic N) is 2. The first-order valence-corrected chi connectivity index (χ1v) is 9.54. The van der Waals surface area contributed by atoms with E-state index < -0.39 is 10.0 Å². The Morgan fingerprint density at radius 1 is 1.29 bits per heavy atom. The molecular formula is C16H25IN4O2S. The number of hydrogen-bond donors (Lipinski definition) is 2. The van der Waals surface area contributed by atoms with Crippen molar-refractivity contribution in [2.45, 2.75) is 37.1 Å². The van der Waals surface area contributed by atoms with Crippen molar-refractivity contribution >= 4 is 40.0 Å². The van der Waals surface area contributed by atoms with Crippen LogP contribution in [0.5, 0.6) is 0 Å². The van der Waals surface area contributed by atoms with Crippen molar-refractivity contribution < 1.29 is 8.42 Å². The van der Waals surface area contributed by atoms with Gasteiger partial charge < -0.3 is 10.2 Å². The molecule has 6 nitrogen and oxygen atoms in total. The molecule has 8 heteroatoms. The van der Waals surface area contributed by atoms with E-state index in [2.05, 4.69) is 15.2 Å². The molecule has 0 unspecified atom stereocenters. The van der Waals surface area contributed by atoms with Crippen molar-refractivity contribution in [3.8, 4) is 0 Å². The van der Waals surface area contributed by atoms with Crippen molar-refractivity contribution in [1.29, 1.82) is 0 Å². The molecule has 24 heavy (non-hydrogen) atoms. The van der Waals surface area contributed by atoms with Crippen LogP contribution in [0.4, 0.5) is 0 Å². The average molecular weight is 464 g/mol. The lowest BCUT2D eigenvalue weighted by atomic mass is 9.68. The lowest BCUT2D eigenvalue weighted by molar-refractivity contribution is 0.151. The van der Waals surface area contributed by atoms with Gasteiger partial charge in [0.05, 0.1) is 4.90 Å². The molecule has 1 saturated carbocycles. The molecule has 1 heterocycles. The fourth-order valence-corrected chi connectivity index (χ4v) is 4.03. The summed E-state index contributed by atoms with van der Waals surface area (Å²) in [7, 11) is -1.83. The molecule has 1 aliphatic heterocycles. The van der Waals surface area contributed by atoms with Crippen molar-refractivity contribution in [3.63, 3.8) is 0 Å². The molecule has 134 valence electrons. The summed E-state index contributed by atoms with van der Waals surface area (Å²) in [6.07, 6.45) is 5.30. The molecule has 1 aromatic rings. The van der Waals surface area contributed by atoms with Crippen LogP contribution >= 0.6 is 24.0 Å². The lowest BCUT2D eigenvalue weighted by Crippen LogP contribution is -2.42. The summed E-state index contributed by atoms with van der Waals surface area (Å²) in [6.45, 7) is 2.77. The normalized spacial score (nSPS) is 19.8. The summed E-state index contributed by atoms with van der Waals surface area (Å²) >= 11 is 0. The second-order valence-electron chi connectivity index (χ2n) is 6.61. The summed E-state index contributed by atoms with van der Waals surface area (Å²) < 4.78 is 22.5. The van der Waals surface area contributed by atoms with Gasteiger partial charge in [-0.25, -0.2) is 13.6 Å². The molecule has 1 aliphatic carbocycles. The number of likely N-dealkylation sites (tertiary alicyclic amines) is 1. The highest BCUT2D eigenvalue weighted by Gasteiger charge is 2.43. The number of nitrogens with two attached hydrogens (primary N) is 1. The van der Waals surface area contributed by atoms with Crippen LogP contribution in [0.3, 0.4) is 0 Å². The van der Waals surface area contributed by atoms with Gasteiger partial charge in [-0.1, -0.05) is 18.6 Å². The van der Waals surface area contributed by atoms with Gasteiger partial charge in [-0.05, 0) is 42.4 Å². The van der Waals surface area contributed by atoms with Gasteiger partial charge >= 0.3 is 0 Å². The zero-order chi connectivity index (χ0) is 16.5. The van der Waals surface area contributed by atoms with E-state index in [-0.39, 0.29) is 28.9 Å². The van der Waals surface area contributed by atoms with Gasteiger partial charge in [0.25, 0.3) is 0 Å². The molecule has 0 bridgehead atoms. The number of nitrogens with one attached hydrogen (secondary N) is 1. The minimum Gasteiger partial charge on any atom is -0.352 e. The largest absolute Gasteiger partial charge is 0.352 e. The second kappa shape index (κ2) is 7.57. The van der Waals surface area contributed by atoms with Crippen molar-refractivity contribution in [2.24, 2.45) is 15.5 Å². The third-order valence-electron chi connectivity index (χ3n) is 5.07. The Hall–Kier alpha value is -0.870. The Bertz CT molecular complexity index is 699. The zero-order valence-electron chi connectivity index (χ0n) is 13.9. The number of primary sulfonamides is 1. The van der Waals surface area contributed by atoms with Crippen LogP contribution in [0.25, 0.3) is 0 Å². The maximum absolute atomic E-state index is 11.3. The van der Waals surface area contributed by atoms with Gasteiger partial charge in [0.15, 0.2) is 5.96 Å². The monoisotopic (exact) mass is 464 g/mol. The maximum Gasteiger partial charge on any atom is 0.238 e. The molecule has 3 rings (SSSR count). The summed E-state index contributed by atoms with van der Waals surface area (Å²) in [4.78, 5) is 6.85. The van der Waals surface area contributed by atoms with Crippen LogP contribution in [0, 0.1) is 5.41 Å². The van der Waals surface area contributed by atoms with Gasteiger partial charge in [-0.15, -0.1) is 24.0 Å². The topological polar surface area (TPSA) is 87.8 Å². The number of sulfonamides is 1. The highest BCUT2D eigenvalue weighted by atomic mass is 127. The predicted molar refractivity (Wildman–Crippen MR) is 106 cm³/mol. The molecule has 1 aromatic carbocycles. The number of guanidine groups is 1. The van der Waals surface area contributed by atoms with E-state index in [1.807, 2.05) is 0 Å². The zero-order valence-corrected chi connectivity index (χ0v) is 17.0. The Morgan fingerprint density at radius 3 is 2.42 bits per heavy atom. The SMILES string of the molecule is CN=C(NCc1ccc(S(N)(=O)=O)cc1)N1CCC2(CCC2)C1.I. The van der Waals surface area contributed by atoms with Gasteiger partial charge in [-0.2, -0.15) is 0 Å². The smallest absolute Gasteiger partial charge is 0.238 e. The van der Waals surface area contributed by atoms with Crippen LogP contribution in [0.15, 0.2) is 34.2 Å². The van der Waals surface area contributed by atoms with E-state index in [1.54, 1.807) is 19.2 Å². The summed E-state index contributed by atoms with van der Waals surface area (Å²) in [5, 5.41) is 8.48. The van der Waals surface area contributed by atoms with E-state index in [9.17, 15) is 8.42 Å². The van der Waals surface area contributed by atoms with Crippen LogP contribution in [0.1, 0.15) is 31.2 Å². The fraction of sp³-hybridized carbons (Fsp3) is 0.562. The van der Waals surface area contributed by atoms with Gasteiger partial charge in [0, 0.05) is 26.7 Å². The highest BCUT2D eigenvalue weighted by molar-refractivity contribution is 14.0. The molecule has 2 aliphatic rings. The van der Waals surface area contributed by atoms with Crippen molar-refractivity contribution in [3.05, 3.63) is 29.8 Å². The first kappa shape index (κ1) is 19.5. The van der Waals surface area contributed by atoms with Crippen LogP contribution < -0.4 is 10.5 Å². The summed E-state index contributed by atoms with van der Waals surface area (Å²) in [6, 6.07) is 6.62. The maximum atomic E-state index is 11.3. The standard InChI is InChI=1S/C16H24N4O2S.HI/c1-18-15(20-10-9-16(12-20)7-2-8-16)19-11-13-3-5-14(6-4-13)23(17,21)22;/h3-6H,2,7-12H2,1H3,(H,18,19)(H2,17,21,22);1H. The Balaban J connectivity index is 0.00000208. The summed E-state index contributed by atoms with van der Waals surface area (Å²) in [5.41, 5.74) is 1.53. The first-order chi connectivity index (χ1) is 10.9. The minimum atomic E-state index is -3.63.